The average Bonchev–Trinajstić information content (AvgIpc) is 3.70. The summed E-state index contributed by atoms with van der Waals surface area (Å²) in [5.74, 6) is -4.80. The van der Waals surface area contributed by atoms with Gasteiger partial charge in [0.05, 0.1) is 29.5 Å². The van der Waals surface area contributed by atoms with E-state index in [0.717, 1.165) is 43.3 Å². The Bertz CT molecular complexity index is 2580. The number of Topliss-reactive ketones (excluding diaryl/α,β-unsaturated/α-hetero) is 2. The lowest BCUT2D eigenvalue weighted by molar-refractivity contribution is -0.134. The van der Waals surface area contributed by atoms with Crippen LogP contribution < -0.4 is 11.1 Å². The first kappa shape index (κ1) is 56.8. The lowest BCUT2D eigenvalue weighted by atomic mass is 10.1. The molecule has 6 aromatic rings. The number of hydrogen-bond acceptors (Lipinski definition) is 8. The molecule has 4 N–H and O–H groups in total. The number of carbonyl (C=O) groups excluding carboxylic acids is 3. The topological polar surface area (TPSA) is 162 Å². The van der Waals surface area contributed by atoms with Gasteiger partial charge in [-0.15, -0.1) is 0 Å². The van der Waals surface area contributed by atoms with Gasteiger partial charge >= 0.3 is 0 Å². The molecule has 0 fully saturated rings. The summed E-state index contributed by atoms with van der Waals surface area (Å²) in [7, 11) is 0. The maximum absolute atomic E-state index is 14.0. The molecule has 11 nitrogen and oxygen atoms in total. The van der Waals surface area contributed by atoms with Gasteiger partial charge < -0.3 is 21.0 Å². The number of nitrogens with two attached hydrogens (primary N) is 1. The highest BCUT2D eigenvalue weighted by atomic mass is 35.5. The second kappa shape index (κ2) is 26.6. The predicted molar refractivity (Wildman–Crippen MR) is 241 cm³/mol. The van der Waals surface area contributed by atoms with E-state index in [0.29, 0.717) is 17.4 Å². The van der Waals surface area contributed by atoms with E-state index in [1.807, 2.05) is 0 Å². The maximum Gasteiger partial charge on any atom is 0.300 e. The van der Waals surface area contributed by atoms with E-state index in [2.05, 4.69) is 15.5 Å². The van der Waals surface area contributed by atoms with Gasteiger partial charge in [0.25, 0.3) is 5.97 Å². The van der Waals surface area contributed by atoms with E-state index < -0.39 is 35.1 Å². The summed E-state index contributed by atoms with van der Waals surface area (Å²) in [4.78, 5) is 43.1. The molecule has 2 heterocycles. The van der Waals surface area contributed by atoms with E-state index >= 15 is 0 Å². The van der Waals surface area contributed by atoms with Crippen molar-refractivity contribution < 1.29 is 50.6 Å². The number of rotatable bonds is 12. The molecule has 0 amide bonds. The van der Waals surface area contributed by atoms with Gasteiger partial charge in [0, 0.05) is 56.0 Å². The number of nitrogens with one attached hydrogen (secondary N) is 1. The number of carbonyl (C=O) groups is 4. The minimum atomic E-state index is -0.833. The van der Waals surface area contributed by atoms with Crippen LogP contribution in [0.5, 0.6) is 0 Å². The summed E-state index contributed by atoms with van der Waals surface area (Å²) >= 11 is 18.2. The monoisotopic (exact) mass is 970 g/mol. The fourth-order valence-corrected chi connectivity index (χ4v) is 6.22. The molecule has 0 unspecified atom stereocenters. The van der Waals surface area contributed by atoms with Gasteiger partial charge in [-0.05, 0) is 73.5 Å². The number of aromatic nitrogens is 4. The van der Waals surface area contributed by atoms with Crippen molar-refractivity contribution >= 4 is 70.0 Å². The minimum absolute atomic E-state index is 0. The lowest BCUT2D eigenvalue weighted by Crippen LogP contribution is -2.09. The Morgan fingerprint density at radius 2 is 1.18 bits per heavy atom. The highest BCUT2D eigenvalue weighted by molar-refractivity contribution is 6.31. The third-order valence-electron chi connectivity index (χ3n) is 8.44. The van der Waals surface area contributed by atoms with Crippen molar-refractivity contribution in [2.24, 2.45) is 0 Å². The van der Waals surface area contributed by atoms with Crippen molar-refractivity contribution in [2.45, 2.75) is 68.5 Å². The van der Waals surface area contributed by atoms with E-state index in [4.69, 9.17) is 50.4 Å². The van der Waals surface area contributed by atoms with Crippen LogP contribution in [0.3, 0.4) is 0 Å². The second-order valence-corrected chi connectivity index (χ2v) is 14.4. The first-order valence-electron chi connectivity index (χ1n) is 18.4. The van der Waals surface area contributed by atoms with E-state index in [-0.39, 0.29) is 119 Å². The van der Waals surface area contributed by atoms with Crippen LogP contribution in [-0.4, -0.2) is 55.0 Å². The average molecular weight is 972 g/mol. The summed E-state index contributed by atoms with van der Waals surface area (Å²) in [6.07, 6.45) is 0.785. The Morgan fingerprint density at radius 1 is 0.723 bits per heavy atom. The normalized spacial score (nSPS) is 10.0. The van der Waals surface area contributed by atoms with Crippen LogP contribution in [0.25, 0.3) is 0 Å². The summed E-state index contributed by atoms with van der Waals surface area (Å²) in [5, 5.41) is 18.6. The molecule has 2 aromatic heterocycles. The molecule has 0 aliphatic heterocycles. The van der Waals surface area contributed by atoms with Crippen LogP contribution in [0.15, 0.2) is 72.8 Å². The molecular weight excluding hydrogens is 925 g/mol. The highest BCUT2D eigenvalue weighted by Gasteiger charge is 2.22. The van der Waals surface area contributed by atoms with Gasteiger partial charge in [-0.1, -0.05) is 67.9 Å². The smallest absolute Gasteiger partial charge is 0.300 e. The number of hydrogen-bond donors (Lipinski definition) is 3. The number of benzene rings is 4. The van der Waals surface area contributed by atoms with Crippen molar-refractivity contribution in [3.8, 4) is 0 Å². The predicted octanol–water partition coefficient (Wildman–Crippen LogP) is 11.4. The minimum Gasteiger partial charge on any atom is -0.481 e. The number of nitrogen functional groups attached to an aromatic ring is 1. The Morgan fingerprint density at radius 3 is 1.63 bits per heavy atom. The standard InChI is InChI=1S/C20H16Cl2F3N3O.C14H11ClF2N2O2.C7H8FN.C2H4O2.2CH4/c1-11(29)19-14(7-8-26-17-4-2-3-15(21)18(17)25)20(22)28(27-19)10-12-9-13(23)5-6-16(12)24;1-8(21)13-11(4-5-20)14(15)19(18-13)7-9-6-10(16)2-3-12(9)17;1-5-3-2-4-6(9)7(5)8;1-2(3)4;;/h2-6,9,26H,7-8,10H2,1H3;2-3,5-6H,4,7H2,1H3;2-4H,9H2,1H3;1H3,(H,3,4);2*1H4. The SMILES string of the molecule is C.C.CC(=O)O.CC(=O)c1nn(Cc2cc(F)ccc2F)c(Cl)c1CC=O.CC(=O)c1nn(Cc2cc(F)ccc2F)c(Cl)c1CCNc1cccc(Cl)c1F.Cc1cccc(N)c1F. The number of aldehydes is 1. The summed E-state index contributed by atoms with van der Waals surface area (Å²) in [6, 6.07) is 15.6. The van der Waals surface area contributed by atoms with Crippen LogP contribution in [0.1, 0.15) is 84.4 Å². The first-order chi connectivity index (χ1) is 29.7. The molecule has 6 rings (SSSR count). The summed E-state index contributed by atoms with van der Waals surface area (Å²) < 4.78 is 83.1. The van der Waals surface area contributed by atoms with Crippen molar-refractivity contribution in [1.82, 2.24) is 19.6 Å². The van der Waals surface area contributed by atoms with Crippen LogP contribution in [-0.2, 0) is 35.5 Å². The zero-order valence-corrected chi connectivity index (χ0v) is 36.2. The Balaban J connectivity index is 0.000000511. The molecule has 4 aromatic carbocycles. The number of nitrogens with zero attached hydrogens (tertiary/aromatic N) is 4. The van der Waals surface area contributed by atoms with E-state index in [1.165, 1.54) is 35.3 Å². The number of ketones is 2. The Hall–Kier alpha value is -6.17. The second-order valence-electron chi connectivity index (χ2n) is 13.3. The quantitative estimate of drug-likeness (QED) is 0.0469. The number of aryl methyl sites for hydroxylation is 1. The van der Waals surface area contributed by atoms with Crippen LogP contribution in [0.2, 0.25) is 15.3 Å². The number of halogens is 9. The van der Waals surface area contributed by atoms with Gasteiger partial charge in [0.2, 0.25) is 0 Å². The molecule has 0 saturated heterocycles. The Labute approximate surface area is 387 Å². The molecule has 0 atom stereocenters. The third-order valence-corrected chi connectivity index (χ3v) is 9.58. The molecule has 0 radical (unpaired) electrons. The van der Waals surface area contributed by atoms with Crippen molar-refractivity contribution in [3.05, 3.63) is 162 Å². The maximum atomic E-state index is 14.0. The zero-order chi connectivity index (χ0) is 47.1. The lowest BCUT2D eigenvalue weighted by Gasteiger charge is -2.09. The number of aliphatic carboxylic acids is 1. The molecule has 0 bridgehead atoms. The van der Waals surface area contributed by atoms with Crippen molar-refractivity contribution in [3.63, 3.8) is 0 Å². The molecule has 0 saturated carbocycles. The van der Waals surface area contributed by atoms with E-state index in [1.54, 1.807) is 31.2 Å². The molecular formula is C45H47Cl3F6N6O5. The molecule has 350 valence electrons. The fraction of sp³-hybridized carbons (Fsp3) is 0.244. The van der Waals surface area contributed by atoms with Crippen LogP contribution in [0, 0.1) is 41.8 Å². The highest BCUT2D eigenvalue weighted by Crippen LogP contribution is 2.26. The van der Waals surface area contributed by atoms with Gasteiger partial charge in [0.1, 0.15) is 57.1 Å². The number of anilines is 2. The molecule has 0 spiro atoms. The van der Waals surface area contributed by atoms with E-state index in [9.17, 15) is 40.7 Å². The van der Waals surface area contributed by atoms with Crippen molar-refractivity contribution in [2.75, 3.05) is 17.6 Å². The van der Waals surface area contributed by atoms with Gasteiger partial charge in [0.15, 0.2) is 17.4 Å². The largest absolute Gasteiger partial charge is 0.481 e. The molecule has 0 aliphatic carbocycles. The summed E-state index contributed by atoms with van der Waals surface area (Å²) in [5.41, 5.74) is 7.28. The summed E-state index contributed by atoms with van der Waals surface area (Å²) in [6.45, 7) is 5.36. The fourth-order valence-electron chi connectivity index (χ4n) is 5.50. The number of carboxylic acid groups (broad SMARTS) is 1. The third kappa shape index (κ3) is 16.4. The number of carboxylic acids is 1. The molecule has 20 heteroatoms. The molecule has 65 heavy (non-hydrogen) atoms. The first-order valence-corrected chi connectivity index (χ1v) is 19.5. The Kier molecular flexibility index (Phi) is 23.2. The van der Waals surface area contributed by atoms with Crippen LogP contribution in [0.4, 0.5) is 37.7 Å². The van der Waals surface area contributed by atoms with Gasteiger partial charge in [-0.2, -0.15) is 10.2 Å². The van der Waals surface area contributed by atoms with Gasteiger partial charge in [-0.3, -0.25) is 14.4 Å². The zero-order valence-electron chi connectivity index (χ0n) is 33.9. The van der Waals surface area contributed by atoms with Gasteiger partial charge in [-0.25, -0.2) is 35.7 Å². The molecule has 0 aliphatic rings. The van der Waals surface area contributed by atoms with Crippen LogP contribution >= 0.6 is 34.8 Å². The van der Waals surface area contributed by atoms with Crippen molar-refractivity contribution in [1.29, 1.82) is 0 Å².